The van der Waals surface area contributed by atoms with Crippen LogP contribution in [0.1, 0.15) is 6.92 Å². The van der Waals surface area contributed by atoms with Gasteiger partial charge in [-0.05, 0) is 13.0 Å². The van der Waals surface area contributed by atoms with Gasteiger partial charge in [0.25, 0.3) is 0 Å². The van der Waals surface area contributed by atoms with Crippen LogP contribution in [0.4, 0.5) is 0 Å². The molecule has 1 rings (SSSR count). The molecule has 1 heterocycles. The molecule has 0 aliphatic carbocycles. The highest BCUT2D eigenvalue weighted by atomic mass is 32.1. The molecule has 0 unspecified atom stereocenters. The maximum atomic E-state index is 5.25. The number of allylic oxidation sites excluding steroid dienone is 1. The van der Waals surface area contributed by atoms with E-state index in [4.69, 9.17) is 9.47 Å². The summed E-state index contributed by atoms with van der Waals surface area (Å²) in [5.74, 6) is 1.50. The van der Waals surface area contributed by atoms with Gasteiger partial charge in [0, 0.05) is 5.41 Å². The Kier molecular flexibility index (Phi) is 2.68. The Morgan fingerprint density at radius 2 is 1.90 bits per heavy atom. The predicted octanol–water partition coefficient (Wildman–Crippen LogP) is 1.71. The van der Waals surface area contributed by atoms with E-state index in [2.05, 4.69) is 12.6 Å². The molecule has 10 heavy (non-hydrogen) atoms. The quantitative estimate of drug-likeness (QED) is 0.541. The third kappa shape index (κ3) is 1.48. The molecule has 0 N–H and O–H groups in total. The molecule has 1 saturated heterocycles. The van der Waals surface area contributed by atoms with E-state index < -0.39 is 0 Å². The number of hydrogen-bond acceptors (Lipinski definition) is 3. The van der Waals surface area contributed by atoms with Crippen molar-refractivity contribution in [2.75, 3.05) is 13.2 Å². The SMILES string of the molecule is C/C=C1/OCCO/C1=C/S. The highest BCUT2D eigenvalue weighted by Crippen LogP contribution is 2.17. The fourth-order valence-corrected chi connectivity index (χ4v) is 0.974. The molecule has 0 aromatic heterocycles. The normalized spacial score (nSPS) is 26.2. The molecular formula is C7H10O2S. The molecule has 1 fully saturated rings. The van der Waals surface area contributed by atoms with Gasteiger partial charge in [-0.25, -0.2) is 0 Å². The van der Waals surface area contributed by atoms with Crippen LogP contribution in [0.25, 0.3) is 0 Å². The van der Waals surface area contributed by atoms with E-state index in [0.29, 0.717) is 13.2 Å². The van der Waals surface area contributed by atoms with Crippen LogP contribution >= 0.6 is 12.6 Å². The van der Waals surface area contributed by atoms with Crippen LogP contribution in [0, 0.1) is 0 Å². The van der Waals surface area contributed by atoms with E-state index in [0.717, 1.165) is 11.5 Å². The number of thiol groups is 1. The van der Waals surface area contributed by atoms with Crippen LogP contribution in [0.3, 0.4) is 0 Å². The van der Waals surface area contributed by atoms with Crippen molar-refractivity contribution in [3.05, 3.63) is 23.0 Å². The summed E-state index contributed by atoms with van der Waals surface area (Å²) in [4.78, 5) is 0. The first kappa shape index (κ1) is 7.54. The van der Waals surface area contributed by atoms with Gasteiger partial charge in [0.15, 0.2) is 11.5 Å². The van der Waals surface area contributed by atoms with E-state index in [-0.39, 0.29) is 0 Å². The molecule has 0 aromatic carbocycles. The first-order valence-electron chi connectivity index (χ1n) is 3.15. The Morgan fingerprint density at radius 3 is 2.30 bits per heavy atom. The van der Waals surface area contributed by atoms with E-state index in [1.54, 1.807) is 5.41 Å². The smallest absolute Gasteiger partial charge is 0.167 e. The minimum atomic E-state index is 0.615. The lowest BCUT2D eigenvalue weighted by Gasteiger charge is -2.19. The molecule has 0 saturated carbocycles. The Bertz CT molecular complexity index is 152. The topological polar surface area (TPSA) is 18.5 Å². The second-order valence-electron chi connectivity index (χ2n) is 1.84. The molecule has 2 nitrogen and oxygen atoms in total. The molecule has 0 amide bonds. The van der Waals surface area contributed by atoms with Crippen molar-refractivity contribution in [3.63, 3.8) is 0 Å². The van der Waals surface area contributed by atoms with Crippen LogP contribution in [0.2, 0.25) is 0 Å². The van der Waals surface area contributed by atoms with Crippen molar-refractivity contribution >= 4 is 12.6 Å². The molecule has 1 aliphatic heterocycles. The van der Waals surface area contributed by atoms with Crippen LogP contribution in [0.15, 0.2) is 23.0 Å². The lowest BCUT2D eigenvalue weighted by atomic mass is 10.4. The van der Waals surface area contributed by atoms with Crippen molar-refractivity contribution in [1.82, 2.24) is 0 Å². The second-order valence-corrected chi connectivity index (χ2v) is 2.10. The Labute approximate surface area is 65.9 Å². The van der Waals surface area contributed by atoms with Gasteiger partial charge in [-0.2, -0.15) is 0 Å². The van der Waals surface area contributed by atoms with Gasteiger partial charge in [0.05, 0.1) is 0 Å². The van der Waals surface area contributed by atoms with Crippen LogP contribution < -0.4 is 0 Å². The van der Waals surface area contributed by atoms with Crippen molar-refractivity contribution in [2.24, 2.45) is 0 Å². The minimum absolute atomic E-state index is 0.615. The highest BCUT2D eigenvalue weighted by Gasteiger charge is 2.11. The molecule has 0 radical (unpaired) electrons. The highest BCUT2D eigenvalue weighted by molar-refractivity contribution is 7.83. The first-order chi connectivity index (χ1) is 4.88. The Hall–Kier alpha value is -0.570. The maximum absolute atomic E-state index is 5.25. The largest absolute Gasteiger partial charge is 0.486 e. The van der Waals surface area contributed by atoms with Crippen molar-refractivity contribution in [1.29, 1.82) is 0 Å². The predicted molar refractivity (Wildman–Crippen MR) is 42.7 cm³/mol. The van der Waals surface area contributed by atoms with Gasteiger partial charge < -0.3 is 9.47 Å². The summed E-state index contributed by atoms with van der Waals surface area (Å²) in [6.07, 6.45) is 1.86. The molecule has 0 atom stereocenters. The standard InChI is InChI=1S/C7H10O2S/c1-2-6-7(5-10)9-4-3-8-6/h2,5,10H,3-4H2,1H3/b6-2+,7-5+. The number of hydrogen-bond donors (Lipinski definition) is 1. The number of ether oxygens (including phenoxy) is 2. The fourth-order valence-electron chi connectivity index (χ4n) is 0.772. The van der Waals surface area contributed by atoms with E-state index in [1.807, 2.05) is 13.0 Å². The van der Waals surface area contributed by atoms with Crippen LogP contribution in [0.5, 0.6) is 0 Å². The monoisotopic (exact) mass is 158 g/mol. The van der Waals surface area contributed by atoms with E-state index >= 15 is 0 Å². The molecule has 0 bridgehead atoms. The molecular weight excluding hydrogens is 148 g/mol. The average Bonchev–Trinajstić information content (AvgIpc) is 2.04. The van der Waals surface area contributed by atoms with Gasteiger partial charge >= 0.3 is 0 Å². The summed E-state index contributed by atoms with van der Waals surface area (Å²) in [5.41, 5.74) is 0. The third-order valence-electron chi connectivity index (χ3n) is 1.22. The summed E-state index contributed by atoms with van der Waals surface area (Å²) in [6, 6.07) is 0. The number of rotatable bonds is 0. The summed E-state index contributed by atoms with van der Waals surface area (Å²) in [5, 5.41) is 1.61. The molecule has 0 aromatic rings. The zero-order chi connectivity index (χ0) is 7.40. The molecule has 1 aliphatic rings. The second kappa shape index (κ2) is 3.56. The molecule has 3 heteroatoms. The summed E-state index contributed by atoms with van der Waals surface area (Å²) >= 11 is 3.97. The summed E-state index contributed by atoms with van der Waals surface area (Å²) in [6.45, 7) is 3.15. The molecule has 56 valence electrons. The van der Waals surface area contributed by atoms with Gasteiger partial charge in [-0.1, -0.05) is 0 Å². The third-order valence-corrected chi connectivity index (χ3v) is 1.46. The zero-order valence-corrected chi connectivity index (χ0v) is 6.73. The maximum Gasteiger partial charge on any atom is 0.167 e. The van der Waals surface area contributed by atoms with Gasteiger partial charge in [0.1, 0.15) is 13.2 Å². The average molecular weight is 158 g/mol. The first-order valence-corrected chi connectivity index (χ1v) is 3.66. The lowest BCUT2D eigenvalue weighted by Crippen LogP contribution is -2.13. The van der Waals surface area contributed by atoms with Crippen molar-refractivity contribution in [3.8, 4) is 0 Å². The Morgan fingerprint density at radius 1 is 1.30 bits per heavy atom. The fraction of sp³-hybridized carbons (Fsp3) is 0.429. The van der Waals surface area contributed by atoms with Gasteiger partial charge in [-0.15, -0.1) is 12.6 Å². The summed E-state index contributed by atoms with van der Waals surface area (Å²) < 4.78 is 10.5. The van der Waals surface area contributed by atoms with Crippen molar-refractivity contribution in [2.45, 2.75) is 6.92 Å². The van der Waals surface area contributed by atoms with Crippen LogP contribution in [-0.2, 0) is 9.47 Å². The molecule has 0 spiro atoms. The lowest BCUT2D eigenvalue weighted by molar-refractivity contribution is 0.0599. The van der Waals surface area contributed by atoms with Gasteiger partial charge in [0.2, 0.25) is 0 Å². The van der Waals surface area contributed by atoms with E-state index in [9.17, 15) is 0 Å². The van der Waals surface area contributed by atoms with Gasteiger partial charge in [-0.3, -0.25) is 0 Å². The minimum Gasteiger partial charge on any atom is -0.486 e. The van der Waals surface area contributed by atoms with Crippen LogP contribution in [-0.4, -0.2) is 13.2 Å². The van der Waals surface area contributed by atoms with E-state index in [1.165, 1.54) is 0 Å². The Balaban J connectivity index is 2.69. The van der Waals surface area contributed by atoms with Crippen molar-refractivity contribution < 1.29 is 9.47 Å². The summed E-state index contributed by atoms with van der Waals surface area (Å²) in [7, 11) is 0. The zero-order valence-electron chi connectivity index (χ0n) is 5.83.